The van der Waals surface area contributed by atoms with Gasteiger partial charge in [0.25, 0.3) is 5.91 Å². The van der Waals surface area contributed by atoms with Crippen molar-refractivity contribution < 1.29 is 19.0 Å². The number of halogens is 2. The van der Waals surface area contributed by atoms with Gasteiger partial charge in [-0.25, -0.2) is 0 Å². The number of rotatable bonds is 4. The number of carbonyl (C=O) groups excluding carboxylic acids is 1. The average Bonchev–Trinajstić information content (AvgIpc) is 2.58. The summed E-state index contributed by atoms with van der Waals surface area (Å²) in [5, 5.41) is 3.64. The number of hydrogen-bond acceptors (Lipinski definition) is 4. The predicted octanol–water partition coefficient (Wildman–Crippen LogP) is 4.17. The van der Waals surface area contributed by atoms with Crippen molar-refractivity contribution in [1.82, 2.24) is 0 Å². The number of benzene rings is 2. The maximum Gasteiger partial charge on any atom is 0.265 e. The molecule has 0 bridgehead atoms. The number of ether oxygens (including phenoxy) is 3. The zero-order valence-corrected chi connectivity index (χ0v) is 14.4. The molecule has 0 unspecified atom stereocenters. The second-order valence-electron chi connectivity index (χ2n) is 5.18. The van der Waals surface area contributed by atoms with Gasteiger partial charge in [-0.15, -0.1) is 0 Å². The Bertz CT molecular complexity index is 766. The van der Waals surface area contributed by atoms with Crippen LogP contribution in [0, 0.1) is 0 Å². The van der Waals surface area contributed by atoms with Crippen LogP contribution < -0.4 is 19.5 Å². The summed E-state index contributed by atoms with van der Waals surface area (Å²) >= 11 is 12.0. The third-order valence-electron chi connectivity index (χ3n) is 3.38. The van der Waals surface area contributed by atoms with Crippen LogP contribution in [0.25, 0.3) is 0 Å². The van der Waals surface area contributed by atoms with Crippen LogP contribution in [0.4, 0.5) is 5.69 Å². The molecule has 5 nitrogen and oxygen atoms in total. The maximum absolute atomic E-state index is 12.3. The summed E-state index contributed by atoms with van der Waals surface area (Å²) in [5.41, 5.74) is 0.594. The fourth-order valence-electron chi connectivity index (χ4n) is 2.18. The van der Waals surface area contributed by atoms with E-state index in [0.29, 0.717) is 46.2 Å². The Kier molecular flexibility index (Phi) is 5.02. The van der Waals surface area contributed by atoms with Gasteiger partial charge in [-0.3, -0.25) is 4.79 Å². The fraction of sp³-hybridized carbons (Fsp3) is 0.235. The van der Waals surface area contributed by atoms with E-state index in [1.165, 1.54) is 0 Å². The molecule has 1 heterocycles. The van der Waals surface area contributed by atoms with Crippen molar-refractivity contribution in [3.8, 4) is 17.2 Å². The summed E-state index contributed by atoms with van der Waals surface area (Å²) in [7, 11) is 0. The SMILES string of the molecule is C[C@H](Oc1cc(Cl)ccc1Cl)C(=O)Nc1ccc2c(c1)OCCO2. The quantitative estimate of drug-likeness (QED) is 0.880. The molecule has 1 amide bonds. The van der Waals surface area contributed by atoms with Crippen LogP contribution in [0.5, 0.6) is 17.2 Å². The first kappa shape index (κ1) is 16.7. The second-order valence-corrected chi connectivity index (χ2v) is 6.03. The minimum atomic E-state index is -0.755. The van der Waals surface area contributed by atoms with E-state index < -0.39 is 6.10 Å². The van der Waals surface area contributed by atoms with E-state index in [9.17, 15) is 4.79 Å². The Labute approximate surface area is 149 Å². The topological polar surface area (TPSA) is 56.8 Å². The first-order chi connectivity index (χ1) is 11.5. The molecule has 0 saturated carbocycles. The normalized spacial score (nSPS) is 14.0. The van der Waals surface area contributed by atoms with E-state index in [1.807, 2.05) is 0 Å². The van der Waals surface area contributed by atoms with Crippen molar-refractivity contribution in [3.63, 3.8) is 0 Å². The minimum Gasteiger partial charge on any atom is -0.486 e. The van der Waals surface area contributed by atoms with E-state index in [-0.39, 0.29) is 5.91 Å². The van der Waals surface area contributed by atoms with Crippen LogP contribution in [0.3, 0.4) is 0 Å². The van der Waals surface area contributed by atoms with Crippen LogP contribution in [0.1, 0.15) is 6.92 Å². The smallest absolute Gasteiger partial charge is 0.265 e. The molecule has 7 heteroatoms. The van der Waals surface area contributed by atoms with Crippen LogP contribution >= 0.6 is 23.2 Å². The number of hydrogen-bond donors (Lipinski definition) is 1. The molecule has 1 aliphatic rings. The first-order valence-electron chi connectivity index (χ1n) is 7.35. The highest BCUT2D eigenvalue weighted by molar-refractivity contribution is 6.34. The molecule has 2 aromatic carbocycles. The lowest BCUT2D eigenvalue weighted by Crippen LogP contribution is -2.30. The summed E-state index contributed by atoms with van der Waals surface area (Å²) in [6.07, 6.45) is -0.755. The van der Waals surface area contributed by atoms with E-state index in [4.69, 9.17) is 37.4 Å². The van der Waals surface area contributed by atoms with Crippen molar-refractivity contribution in [3.05, 3.63) is 46.4 Å². The molecular weight excluding hydrogens is 353 g/mol. The summed E-state index contributed by atoms with van der Waals surface area (Å²) in [6, 6.07) is 10.0. The zero-order valence-electron chi connectivity index (χ0n) is 12.8. The predicted molar refractivity (Wildman–Crippen MR) is 92.6 cm³/mol. The van der Waals surface area contributed by atoms with Gasteiger partial charge in [0.2, 0.25) is 0 Å². The highest BCUT2D eigenvalue weighted by Crippen LogP contribution is 2.33. The van der Waals surface area contributed by atoms with Gasteiger partial charge in [-0.1, -0.05) is 23.2 Å². The summed E-state index contributed by atoms with van der Waals surface area (Å²) in [4.78, 5) is 12.3. The molecule has 0 aromatic heterocycles. The molecule has 0 spiro atoms. The van der Waals surface area contributed by atoms with Gasteiger partial charge < -0.3 is 19.5 Å². The fourth-order valence-corrected chi connectivity index (χ4v) is 2.50. The molecular formula is C17H15Cl2NO4. The lowest BCUT2D eigenvalue weighted by Gasteiger charge is -2.20. The highest BCUT2D eigenvalue weighted by Gasteiger charge is 2.18. The van der Waals surface area contributed by atoms with Crippen molar-refractivity contribution in [1.29, 1.82) is 0 Å². The van der Waals surface area contributed by atoms with E-state index in [0.717, 1.165) is 0 Å². The van der Waals surface area contributed by atoms with Crippen LogP contribution in [-0.4, -0.2) is 25.2 Å². The molecule has 126 valence electrons. The summed E-state index contributed by atoms with van der Waals surface area (Å²) in [6.45, 7) is 2.63. The number of fused-ring (bicyclic) bond motifs is 1. The number of amides is 1. The Morgan fingerprint density at radius 1 is 1.12 bits per heavy atom. The van der Waals surface area contributed by atoms with Gasteiger partial charge in [-0.2, -0.15) is 0 Å². The van der Waals surface area contributed by atoms with Gasteiger partial charge in [0.15, 0.2) is 17.6 Å². The van der Waals surface area contributed by atoms with Gasteiger partial charge in [0.1, 0.15) is 19.0 Å². The van der Waals surface area contributed by atoms with Crippen LogP contribution in [-0.2, 0) is 4.79 Å². The molecule has 1 atom stereocenters. The minimum absolute atomic E-state index is 0.317. The third-order valence-corrected chi connectivity index (χ3v) is 3.92. The summed E-state index contributed by atoms with van der Waals surface area (Å²) in [5.74, 6) is 1.30. The lowest BCUT2D eigenvalue weighted by atomic mass is 10.2. The zero-order chi connectivity index (χ0) is 17.1. The van der Waals surface area contributed by atoms with Crippen molar-refractivity contribution in [2.45, 2.75) is 13.0 Å². The van der Waals surface area contributed by atoms with Crippen molar-refractivity contribution in [2.24, 2.45) is 0 Å². The molecule has 2 aromatic rings. The van der Waals surface area contributed by atoms with E-state index in [2.05, 4.69) is 5.32 Å². The molecule has 24 heavy (non-hydrogen) atoms. The number of nitrogens with one attached hydrogen (secondary N) is 1. The average molecular weight is 368 g/mol. The Morgan fingerprint density at radius 2 is 1.88 bits per heavy atom. The maximum atomic E-state index is 12.3. The van der Waals surface area contributed by atoms with Crippen LogP contribution in [0.2, 0.25) is 10.0 Å². The lowest BCUT2D eigenvalue weighted by molar-refractivity contribution is -0.122. The second kappa shape index (κ2) is 7.20. The molecule has 3 rings (SSSR count). The number of anilines is 1. The first-order valence-corrected chi connectivity index (χ1v) is 8.11. The largest absolute Gasteiger partial charge is 0.486 e. The Hall–Kier alpha value is -2.11. The monoisotopic (exact) mass is 367 g/mol. The highest BCUT2D eigenvalue weighted by atomic mass is 35.5. The molecule has 0 aliphatic carbocycles. The van der Waals surface area contributed by atoms with Gasteiger partial charge in [-0.05, 0) is 31.2 Å². The van der Waals surface area contributed by atoms with Gasteiger partial charge in [0.05, 0.1) is 5.02 Å². The van der Waals surface area contributed by atoms with E-state index >= 15 is 0 Å². The van der Waals surface area contributed by atoms with Crippen molar-refractivity contribution >= 4 is 34.8 Å². The van der Waals surface area contributed by atoms with Gasteiger partial charge in [0, 0.05) is 22.8 Å². The third kappa shape index (κ3) is 3.86. The van der Waals surface area contributed by atoms with Crippen LogP contribution in [0.15, 0.2) is 36.4 Å². The molecule has 0 fully saturated rings. The van der Waals surface area contributed by atoms with Gasteiger partial charge >= 0.3 is 0 Å². The van der Waals surface area contributed by atoms with E-state index in [1.54, 1.807) is 43.3 Å². The molecule has 0 radical (unpaired) electrons. The standard InChI is InChI=1S/C17H15Cl2NO4/c1-10(24-15-8-11(18)2-4-13(15)19)17(21)20-12-3-5-14-16(9-12)23-7-6-22-14/h2-5,8-10H,6-7H2,1H3,(H,20,21)/t10-/m0/s1. The summed E-state index contributed by atoms with van der Waals surface area (Å²) < 4.78 is 16.5. The van der Waals surface area contributed by atoms with Crippen molar-refractivity contribution in [2.75, 3.05) is 18.5 Å². The Balaban J connectivity index is 1.67. The number of carbonyl (C=O) groups is 1. The molecule has 1 aliphatic heterocycles. The Morgan fingerprint density at radius 3 is 2.67 bits per heavy atom. The molecule has 1 N–H and O–H groups in total. The molecule has 0 saturated heterocycles.